The van der Waals surface area contributed by atoms with Crippen molar-refractivity contribution in [1.82, 2.24) is 0 Å². The van der Waals surface area contributed by atoms with Crippen LogP contribution >= 0.6 is 0 Å². The maximum Gasteiger partial charge on any atom is 0.183 e. The Morgan fingerprint density at radius 1 is 1.88 bits per heavy atom. The fraction of sp³-hybridized carbons (Fsp3) is 0.833. The molecule has 0 amide bonds. The largest absolute Gasteiger partial charge is 0.476 e. The zero-order valence-corrected chi connectivity index (χ0v) is 5.35. The van der Waals surface area contributed by atoms with Gasteiger partial charge in [-0.1, -0.05) is 6.92 Å². The molecule has 0 aromatic carbocycles. The van der Waals surface area contributed by atoms with Crippen LogP contribution in [0, 0.1) is 0 Å². The predicted molar refractivity (Wildman–Crippen MR) is 33.1 cm³/mol. The monoisotopic (exact) mass is 113 g/mol. The van der Waals surface area contributed by atoms with E-state index in [0.717, 1.165) is 18.9 Å². The highest BCUT2D eigenvalue weighted by atomic mass is 16.5. The smallest absolute Gasteiger partial charge is 0.183 e. The quantitative estimate of drug-likeness (QED) is 0.501. The number of aliphatic imine (C=N–C) groups is 1. The normalized spacial score (nSPS) is 27.2. The Bertz CT molecular complexity index is 109. The zero-order chi connectivity index (χ0) is 5.98. The van der Waals surface area contributed by atoms with Crippen molar-refractivity contribution in [2.24, 2.45) is 4.99 Å². The van der Waals surface area contributed by atoms with Crippen molar-refractivity contribution >= 4 is 5.90 Å². The molecule has 0 aromatic rings. The van der Waals surface area contributed by atoms with Crippen LogP contribution in [0.4, 0.5) is 0 Å². The van der Waals surface area contributed by atoms with Gasteiger partial charge < -0.3 is 4.74 Å². The van der Waals surface area contributed by atoms with Crippen LogP contribution in [-0.2, 0) is 4.74 Å². The number of ether oxygens (including phenoxy) is 1. The van der Waals surface area contributed by atoms with E-state index in [1.807, 2.05) is 6.92 Å². The molecule has 1 aliphatic rings. The lowest BCUT2D eigenvalue weighted by Crippen LogP contribution is -2.06. The Hall–Kier alpha value is -0.530. The number of rotatable bonds is 1. The second-order valence-electron chi connectivity index (χ2n) is 2.02. The molecule has 0 fully saturated rings. The summed E-state index contributed by atoms with van der Waals surface area (Å²) in [7, 11) is 0. The SMILES string of the molecule is CCC1=NCC(C)O1. The molecule has 0 saturated carbocycles. The van der Waals surface area contributed by atoms with Crippen LogP contribution in [0.3, 0.4) is 0 Å². The molecule has 0 spiro atoms. The van der Waals surface area contributed by atoms with Crippen molar-refractivity contribution in [2.75, 3.05) is 6.54 Å². The third-order valence-electron chi connectivity index (χ3n) is 1.16. The topological polar surface area (TPSA) is 21.6 Å². The maximum absolute atomic E-state index is 5.26. The summed E-state index contributed by atoms with van der Waals surface area (Å²) in [5.41, 5.74) is 0. The van der Waals surface area contributed by atoms with E-state index in [1.54, 1.807) is 0 Å². The molecule has 8 heavy (non-hydrogen) atoms. The van der Waals surface area contributed by atoms with E-state index < -0.39 is 0 Å². The predicted octanol–water partition coefficient (Wildman–Crippen LogP) is 1.21. The minimum absolute atomic E-state index is 0.324. The van der Waals surface area contributed by atoms with Crippen LogP contribution in [0.2, 0.25) is 0 Å². The standard InChI is InChI=1S/C6H11NO/c1-3-6-7-4-5(2)8-6/h5H,3-4H2,1-2H3. The Balaban J connectivity index is 2.37. The average Bonchev–Trinajstić information content (AvgIpc) is 2.14. The summed E-state index contributed by atoms with van der Waals surface area (Å²) in [5.74, 6) is 0.914. The Morgan fingerprint density at radius 3 is 2.88 bits per heavy atom. The second kappa shape index (κ2) is 2.16. The molecular formula is C6H11NO. The van der Waals surface area contributed by atoms with Gasteiger partial charge in [-0.25, -0.2) is 0 Å². The second-order valence-corrected chi connectivity index (χ2v) is 2.02. The summed E-state index contributed by atoms with van der Waals surface area (Å²) in [4.78, 5) is 4.13. The average molecular weight is 113 g/mol. The molecule has 0 radical (unpaired) electrons. The fourth-order valence-corrected chi connectivity index (χ4v) is 0.732. The maximum atomic E-state index is 5.26. The highest BCUT2D eigenvalue weighted by Gasteiger charge is 2.11. The molecule has 2 heteroatoms. The summed E-state index contributed by atoms with van der Waals surface area (Å²) >= 11 is 0. The summed E-state index contributed by atoms with van der Waals surface area (Å²) in [5, 5.41) is 0. The molecule has 0 aromatic heterocycles. The van der Waals surface area contributed by atoms with Gasteiger partial charge in [-0.2, -0.15) is 0 Å². The van der Waals surface area contributed by atoms with Gasteiger partial charge in [0.05, 0.1) is 6.54 Å². The Morgan fingerprint density at radius 2 is 2.62 bits per heavy atom. The van der Waals surface area contributed by atoms with E-state index in [4.69, 9.17) is 4.74 Å². The highest BCUT2D eigenvalue weighted by Crippen LogP contribution is 2.04. The first-order valence-corrected chi connectivity index (χ1v) is 3.03. The third kappa shape index (κ3) is 0.997. The van der Waals surface area contributed by atoms with Gasteiger partial charge >= 0.3 is 0 Å². The Labute approximate surface area is 49.6 Å². The summed E-state index contributed by atoms with van der Waals surface area (Å²) in [6, 6.07) is 0. The molecule has 0 saturated heterocycles. The van der Waals surface area contributed by atoms with Gasteiger partial charge in [-0.05, 0) is 6.92 Å². The molecule has 1 aliphatic heterocycles. The minimum Gasteiger partial charge on any atom is -0.476 e. The van der Waals surface area contributed by atoms with Gasteiger partial charge in [0.2, 0.25) is 0 Å². The van der Waals surface area contributed by atoms with Crippen molar-refractivity contribution in [2.45, 2.75) is 26.4 Å². The van der Waals surface area contributed by atoms with Crippen LogP contribution in [0.15, 0.2) is 4.99 Å². The van der Waals surface area contributed by atoms with Crippen LogP contribution in [0.1, 0.15) is 20.3 Å². The lowest BCUT2D eigenvalue weighted by atomic mass is 10.4. The van der Waals surface area contributed by atoms with E-state index in [1.165, 1.54) is 0 Å². The van der Waals surface area contributed by atoms with E-state index in [2.05, 4.69) is 11.9 Å². The first-order valence-electron chi connectivity index (χ1n) is 3.03. The molecule has 0 aliphatic carbocycles. The molecule has 1 heterocycles. The fourth-order valence-electron chi connectivity index (χ4n) is 0.732. The van der Waals surface area contributed by atoms with Gasteiger partial charge in [0.1, 0.15) is 6.10 Å². The van der Waals surface area contributed by atoms with E-state index in [-0.39, 0.29) is 0 Å². The van der Waals surface area contributed by atoms with E-state index in [9.17, 15) is 0 Å². The molecule has 1 rings (SSSR count). The Kier molecular flexibility index (Phi) is 1.51. The van der Waals surface area contributed by atoms with Gasteiger partial charge in [0.25, 0.3) is 0 Å². The van der Waals surface area contributed by atoms with Crippen molar-refractivity contribution in [3.05, 3.63) is 0 Å². The first-order chi connectivity index (χ1) is 3.83. The van der Waals surface area contributed by atoms with Crippen molar-refractivity contribution < 1.29 is 4.74 Å². The molecular weight excluding hydrogens is 102 g/mol. The van der Waals surface area contributed by atoms with E-state index >= 15 is 0 Å². The lowest BCUT2D eigenvalue weighted by Gasteiger charge is -2.01. The third-order valence-corrected chi connectivity index (χ3v) is 1.16. The molecule has 46 valence electrons. The summed E-state index contributed by atoms with van der Waals surface area (Å²) in [6.07, 6.45) is 1.26. The number of hydrogen-bond acceptors (Lipinski definition) is 2. The van der Waals surface area contributed by atoms with E-state index in [0.29, 0.717) is 6.10 Å². The van der Waals surface area contributed by atoms with Gasteiger partial charge in [-0.3, -0.25) is 4.99 Å². The molecule has 1 atom stereocenters. The van der Waals surface area contributed by atoms with Crippen molar-refractivity contribution in [3.8, 4) is 0 Å². The summed E-state index contributed by atoms with van der Waals surface area (Å²) < 4.78 is 5.26. The van der Waals surface area contributed by atoms with Crippen LogP contribution in [0.25, 0.3) is 0 Å². The first kappa shape index (κ1) is 5.60. The van der Waals surface area contributed by atoms with Gasteiger partial charge in [0.15, 0.2) is 5.90 Å². The lowest BCUT2D eigenvalue weighted by molar-refractivity contribution is 0.240. The van der Waals surface area contributed by atoms with Crippen LogP contribution in [-0.4, -0.2) is 18.5 Å². The zero-order valence-electron chi connectivity index (χ0n) is 5.35. The number of nitrogens with zero attached hydrogens (tertiary/aromatic N) is 1. The van der Waals surface area contributed by atoms with Crippen LogP contribution in [0.5, 0.6) is 0 Å². The van der Waals surface area contributed by atoms with Gasteiger partial charge in [0, 0.05) is 6.42 Å². The van der Waals surface area contributed by atoms with Crippen LogP contribution < -0.4 is 0 Å². The minimum atomic E-state index is 0.324. The van der Waals surface area contributed by atoms with Crippen molar-refractivity contribution in [1.29, 1.82) is 0 Å². The number of hydrogen-bond donors (Lipinski definition) is 0. The highest BCUT2D eigenvalue weighted by molar-refractivity contribution is 5.77. The van der Waals surface area contributed by atoms with Crippen molar-refractivity contribution in [3.63, 3.8) is 0 Å². The molecule has 0 N–H and O–H groups in total. The summed E-state index contributed by atoms with van der Waals surface area (Å²) in [6.45, 7) is 4.94. The molecule has 1 unspecified atom stereocenters. The molecule has 0 bridgehead atoms. The van der Waals surface area contributed by atoms with Gasteiger partial charge in [-0.15, -0.1) is 0 Å². The molecule has 2 nitrogen and oxygen atoms in total.